The molecule has 1 aromatic heterocycles. The summed E-state index contributed by atoms with van der Waals surface area (Å²) < 4.78 is 5.40. The maximum atomic E-state index is 5.40. The highest BCUT2D eigenvalue weighted by molar-refractivity contribution is 5.16. The Morgan fingerprint density at radius 3 is 2.38 bits per heavy atom. The van der Waals surface area contributed by atoms with E-state index in [-0.39, 0.29) is 0 Å². The molecule has 0 amide bonds. The first-order valence-electron chi connectivity index (χ1n) is 6.49. The van der Waals surface area contributed by atoms with Crippen LogP contribution in [-0.2, 0) is 0 Å². The molecule has 16 heavy (non-hydrogen) atoms. The van der Waals surface area contributed by atoms with Gasteiger partial charge in [-0.3, -0.25) is 0 Å². The van der Waals surface area contributed by atoms with Crippen molar-refractivity contribution in [1.29, 1.82) is 0 Å². The van der Waals surface area contributed by atoms with Gasteiger partial charge in [-0.15, -0.1) is 0 Å². The molecule has 2 nitrogen and oxygen atoms in total. The van der Waals surface area contributed by atoms with Crippen LogP contribution in [0.4, 0.5) is 0 Å². The smallest absolute Gasteiger partial charge is 0.101 e. The van der Waals surface area contributed by atoms with Crippen molar-refractivity contribution < 1.29 is 4.42 Å². The number of hydrogen-bond acceptors (Lipinski definition) is 2. The third kappa shape index (κ3) is 3.67. The van der Waals surface area contributed by atoms with E-state index in [1.165, 1.54) is 24.8 Å². The molecular formula is C14H25NO. The van der Waals surface area contributed by atoms with Crippen molar-refractivity contribution in [3.63, 3.8) is 0 Å². The van der Waals surface area contributed by atoms with Crippen LogP contribution in [0.25, 0.3) is 0 Å². The topological polar surface area (TPSA) is 25.2 Å². The van der Waals surface area contributed by atoms with Crippen LogP contribution in [0.2, 0.25) is 0 Å². The van der Waals surface area contributed by atoms with Gasteiger partial charge in [-0.2, -0.15) is 0 Å². The van der Waals surface area contributed by atoms with E-state index in [1.54, 1.807) is 0 Å². The Morgan fingerprint density at radius 2 is 1.94 bits per heavy atom. The van der Waals surface area contributed by atoms with Gasteiger partial charge in [-0.05, 0) is 31.9 Å². The molecule has 0 aromatic carbocycles. The fraction of sp³-hybridized carbons (Fsp3) is 0.714. The largest absolute Gasteiger partial charge is 0.469 e. The van der Waals surface area contributed by atoms with Crippen LogP contribution in [0.1, 0.15) is 57.4 Å². The Labute approximate surface area is 99.4 Å². The minimum Gasteiger partial charge on any atom is -0.469 e. The van der Waals surface area contributed by atoms with Gasteiger partial charge in [0.15, 0.2) is 0 Å². The van der Waals surface area contributed by atoms with E-state index in [9.17, 15) is 0 Å². The lowest BCUT2D eigenvalue weighted by Crippen LogP contribution is -2.23. The predicted octanol–water partition coefficient (Wildman–Crippen LogP) is 4.06. The summed E-state index contributed by atoms with van der Waals surface area (Å²) in [5, 5.41) is 3.55. The lowest BCUT2D eigenvalue weighted by molar-refractivity contribution is 0.373. The molecule has 1 atom stereocenters. The molecular weight excluding hydrogens is 198 g/mol. The summed E-state index contributed by atoms with van der Waals surface area (Å²) >= 11 is 0. The van der Waals surface area contributed by atoms with Gasteiger partial charge in [0.05, 0.1) is 6.26 Å². The van der Waals surface area contributed by atoms with Crippen molar-refractivity contribution in [2.75, 3.05) is 6.54 Å². The lowest BCUT2D eigenvalue weighted by atomic mass is 9.92. The highest BCUT2D eigenvalue weighted by Crippen LogP contribution is 2.26. The highest BCUT2D eigenvalue weighted by atomic mass is 16.3. The van der Waals surface area contributed by atoms with E-state index >= 15 is 0 Å². The molecule has 0 radical (unpaired) electrons. The zero-order chi connectivity index (χ0) is 12.0. The number of nitrogens with one attached hydrogen (secondary N) is 1. The SMILES string of the molecule is CCNC(CC(CC)CC)c1coc(C)c1. The van der Waals surface area contributed by atoms with Crippen molar-refractivity contribution in [3.8, 4) is 0 Å². The number of rotatable bonds is 7. The van der Waals surface area contributed by atoms with Gasteiger partial charge >= 0.3 is 0 Å². The Kier molecular flexibility index (Phi) is 5.61. The van der Waals surface area contributed by atoms with Crippen molar-refractivity contribution >= 4 is 0 Å². The molecule has 0 aliphatic carbocycles. The van der Waals surface area contributed by atoms with Crippen molar-refractivity contribution in [2.24, 2.45) is 5.92 Å². The molecule has 92 valence electrons. The maximum absolute atomic E-state index is 5.40. The monoisotopic (exact) mass is 223 g/mol. The van der Waals surface area contributed by atoms with Crippen LogP contribution in [0.5, 0.6) is 0 Å². The molecule has 1 N–H and O–H groups in total. The predicted molar refractivity (Wildman–Crippen MR) is 68.6 cm³/mol. The molecule has 1 heterocycles. The van der Waals surface area contributed by atoms with Crippen LogP contribution in [0, 0.1) is 12.8 Å². The Morgan fingerprint density at radius 1 is 1.25 bits per heavy atom. The molecule has 0 aliphatic heterocycles. The quantitative estimate of drug-likeness (QED) is 0.754. The second-order valence-corrected chi connectivity index (χ2v) is 4.52. The second kappa shape index (κ2) is 6.74. The molecule has 0 saturated heterocycles. The Bertz CT molecular complexity index is 289. The van der Waals surface area contributed by atoms with E-state index in [2.05, 4.69) is 32.2 Å². The average Bonchev–Trinajstić information content (AvgIpc) is 2.71. The number of hydrogen-bond donors (Lipinski definition) is 1. The molecule has 0 spiro atoms. The van der Waals surface area contributed by atoms with Crippen molar-refractivity contribution in [1.82, 2.24) is 5.32 Å². The van der Waals surface area contributed by atoms with Crippen molar-refractivity contribution in [3.05, 3.63) is 23.7 Å². The summed E-state index contributed by atoms with van der Waals surface area (Å²) in [6.07, 6.45) is 5.62. The van der Waals surface area contributed by atoms with E-state index in [4.69, 9.17) is 4.42 Å². The van der Waals surface area contributed by atoms with Gasteiger partial charge in [0, 0.05) is 11.6 Å². The maximum Gasteiger partial charge on any atom is 0.101 e. The molecule has 0 fully saturated rings. The van der Waals surface area contributed by atoms with Crippen LogP contribution >= 0.6 is 0 Å². The van der Waals surface area contributed by atoms with Crippen LogP contribution in [-0.4, -0.2) is 6.54 Å². The molecule has 2 heteroatoms. The molecule has 1 unspecified atom stereocenters. The van der Waals surface area contributed by atoms with Gasteiger partial charge in [0.1, 0.15) is 5.76 Å². The van der Waals surface area contributed by atoms with Gasteiger partial charge in [-0.25, -0.2) is 0 Å². The van der Waals surface area contributed by atoms with E-state index in [1.807, 2.05) is 13.2 Å². The number of aryl methyl sites for hydroxylation is 1. The van der Waals surface area contributed by atoms with E-state index < -0.39 is 0 Å². The molecule has 1 aromatic rings. The van der Waals surface area contributed by atoms with Gasteiger partial charge in [0.25, 0.3) is 0 Å². The second-order valence-electron chi connectivity index (χ2n) is 4.52. The van der Waals surface area contributed by atoms with Crippen LogP contribution < -0.4 is 5.32 Å². The first-order valence-corrected chi connectivity index (χ1v) is 6.49. The van der Waals surface area contributed by atoms with Crippen LogP contribution in [0.15, 0.2) is 16.7 Å². The molecule has 0 bridgehead atoms. The minimum absolute atomic E-state index is 0.451. The summed E-state index contributed by atoms with van der Waals surface area (Å²) in [4.78, 5) is 0. The first kappa shape index (κ1) is 13.3. The molecule has 0 saturated carbocycles. The zero-order valence-electron chi connectivity index (χ0n) is 11.0. The van der Waals surface area contributed by atoms with Gasteiger partial charge < -0.3 is 9.73 Å². The summed E-state index contributed by atoms with van der Waals surface area (Å²) in [5.41, 5.74) is 1.30. The fourth-order valence-electron chi connectivity index (χ4n) is 2.19. The third-order valence-electron chi connectivity index (χ3n) is 3.33. The van der Waals surface area contributed by atoms with Crippen LogP contribution in [0.3, 0.4) is 0 Å². The summed E-state index contributed by atoms with van der Waals surface area (Å²) in [6.45, 7) is 9.72. The molecule has 1 rings (SSSR count). The zero-order valence-corrected chi connectivity index (χ0v) is 11.0. The normalized spacial score (nSPS) is 13.3. The standard InChI is InChI=1S/C14H25NO/c1-5-12(6-2)9-14(15-7-3)13-8-11(4)16-10-13/h8,10,12,14-15H,5-7,9H2,1-4H3. The van der Waals surface area contributed by atoms with E-state index in [0.717, 1.165) is 18.2 Å². The van der Waals surface area contributed by atoms with Crippen molar-refractivity contribution in [2.45, 2.75) is 53.0 Å². The Hall–Kier alpha value is -0.760. The minimum atomic E-state index is 0.451. The van der Waals surface area contributed by atoms with Gasteiger partial charge in [0.2, 0.25) is 0 Å². The lowest BCUT2D eigenvalue weighted by Gasteiger charge is -2.21. The Balaban J connectivity index is 2.66. The summed E-state index contributed by atoms with van der Waals surface area (Å²) in [7, 11) is 0. The van der Waals surface area contributed by atoms with E-state index in [0.29, 0.717) is 6.04 Å². The first-order chi connectivity index (χ1) is 7.71. The summed E-state index contributed by atoms with van der Waals surface area (Å²) in [5.74, 6) is 1.81. The van der Waals surface area contributed by atoms with Gasteiger partial charge in [-0.1, -0.05) is 33.6 Å². The average molecular weight is 223 g/mol. The highest BCUT2D eigenvalue weighted by Gasteiger charge is 2.16. The molecule has 0 aliphatic rings. The number of furan rings is 1. The fourth-order valence-corrected chi connectivity index (χ4v) is 2.19. The summed E-state index contributed by atoms with van der Waals surface area (Å²) in [6, 6.07) is 2.60. The third-order valence-corrected chi connectivity index (χ3v) is 3.33.